The molecule has 2 rings (SSSR count). The number of hydrogen-bond acceptors (Lipinski definition) is 4. The first-order valence-corrected chi connectivity index (χ1v) is 6.77. The molecule has 0 spiro atoms. The van der Waals surface area contributed by atoms with Gasteiger partial charge in [0, 0.05) is 29.6 Å². The smallest absolute Gasteiger partial charge is 0.138 e. The summed E-state index contributed by atoms with van der Waals surface area (Å²) in [5.41, 5.74) is 9.31. The zero-order valence-electron chi connectivity index (χ0n) is 10.3. The first kappa shape index (κ1) is 12.8. The molecule has 1 unspecified atom stereocenters. The van der Waals surface area contributed by atoms with Gasteiger partial charge in [0.15, 0.2) is 0 Å². The lowest BCUT2D eigenvalue weighted by atomic mass is 9.94. The standard InChI is InChI=1S/C14H16N2OS/c1-10(11-2-4-12(15)5-3-11)6-13(17)7-14-8-16-9-18-14/h2-5,8-10H,6-7,15H2,1H3. The Balaban J connectivity index is 1.92. The Labute approximate surface area is 111 Å². The molecule has 1 aromatic carbocycles. The van der Waals surface area contributed by atoms with E-state index in [9.17, 15) is 4.79 Å². The van der Waals surface area contributed by atoms with Crippen molar-refractivity contribution in [1.82, 2.24) is 4.98 Å². The lowest BCUT2D eigenvalue weighted by Crippen LogP contribution is -2.06. The van der Waals surface area contributed by atoms with Crippen LogP contribution in [0.4, 0.5) is 5.69 Å². The molecule has 0 saturated heterocycles. The number of Topliss-reactive ketones (excluding diaryl/α,β-unsaturated/α-hetero) is 1. The summed E-state index contributed by atoms with van der Waals surface area (Å²) in [6, 6.07) is 7.72. The molecule has 2 aromatic rings. The number of nitrogens with two attached hydrogens (primary N) is 1. The van der Waals surface area contributed by atoms with Crippen LogP contribution in [0.2, 0.25) is 0 Å². The van der Waals surface area contributed by atoms with E-state index in [4.69, 9.17) is 5.73 Å². The van der Waals surface area contributed by atoms with E-state index in [2.05, 4.69) is 11.9 Å². The highest BCUT2D eigenvalue weighted by molar-refractivity contribution is 7.09. The van der Waals surface area contributed by atoms with Gasteiger partial charge in [-0.2, -0.15) is 0 Å². The molecule has 0 aliphatic rings. The second-order valence-corrected chi connectivity index (χ2v) is 5.43. The van der Waals surface area contributed by atoms with Crippen molar-refractivity contribution in [1.29, 1.82) is 0 Å². The highest BCUT2D eigenvalue weighted by Gasteiger charge is 2.12. The molecular formula is C14H16N2OS. The zero-order chi connectivity index (χ0) is 13.0. The largest absolute Gasteiger partial charge is 0.399 e. The van der Waals surface area contributed by atoms with E-state index in [1.165, 1.54) is 11.3 Å². The molecule has 0 bridgehead atoms. The summed E-state index contributed by atoms with van der Waals surface area (Å²) in [6.07, 6.45) is 2.81. The monoisotopic (exact) mass is 260 g/mol. The lowest BCUT2D eigenvalue weighted by Gasteiger charge is -2.10. The molecule has 2 N–H and O–H groups in total. The van der Waals surface area contributed by atoms with Crippen molar-refractivity contribution in [2.45, 2.75) is 25.7 Å². The molecule has 1 aromatic heterocycles. The van der Waals surface area contributed by atoms with Crippen molar-refractivity contribution < 1.29 is 4.79 Å². The Morgan fingerprint density at radius 1 is 1.39 bits per heavy atom. The lowest BCUT2D eigenvalue weighted by molar-refractivity contribution is -0.118. The fraction of sp³-hybridized carbons (Fsp3) is 0.286. The molecule has 0 aliphatic carbocycles. The van der Waals surface area contributed by atoms with E-state index < -0.39 is 0 Å². The maximum Gasteiger partial charge on any atom is 0.138 e. The SMILES string of the molecule is CC(CC(=O)Cc1cncs1)c1ccc(N)cc1. The normalized spacial score (nSPS) is 12.3. The van der Waals surface area contributed by atoms with Crippen molar-refractivity contribution >= 4 is 22.8 Å². The summed E-state index contributed by atoms with van der Waals surface area (Å²) in [4.78, 5) is 16.9. The first-order chi connectivity index (χ1) is 8.65. The van der Waals surface area contributed by atoms with Crippen molar-refractivity contribution in [3.05, 3.63) is 46.4 Å². The van der Waals surface area contributed by atoms with Crippen molar-refractivity contribution in [3.8, 4) is 0 Å². The van der Waals surface area contributed by atoms with Crippen LogP contribution in [0.1, 0.15) is 29.7 Å². The van der Waals surface area contributed by atoms with Crippen LogP contribution in [0.25, 0.3) is 0 Å². The minimum atomic E-state index is 0.228. The number of carbonyl (C=O) groups is 1. The summed E-state index contributed by atoms with van der Waals surface area (Å²) < 4.78 is 0. The van der Waals surface area contributed by atoms with Gasteiger partial charge in [-0.15, -0.1) is 11.3 Å². The van der Waals surface area contributed by atoms with Gasteiger partial charge in [-0.25, -0.2) is 0 Å². The minimum Gasteiger partial charge on any atom is -0.399 e. The molecule has 18 heavy (non-hydrogen) atoms. The number of benzene rings is 1. The van der Waals surface area contributed by atoms with E-state index >= 15 is 0 Å². The van der Waals surface area contributed by atoms with Crippen LogP contribution in [0.15, 0.2) is 36.0 Å². The first-order valence-electron chi connectivity index (χ1n) is 5.89. The molecule has 4 heteroatoms. The van der Waals surface area contributed by atoms with Gasteiger partial charge in [0.2, 0.25) is 0 Å². The average molecular weight is 260 g/mol. The highest BCUT2D eigenvalue weighted by Crippen LogP contribution is 2.21. The van der Waals surface area contributed by atoms with Gasteiger partial charge in [-0.3, -0.25) is 9.78 Å². The van der Waals surface area contributed by atoms with Crippen LogP contribution in [-0.2, 0) is 11.2 Å². The average Bonchev–Trinajstić information content (AvgIpc) is 2.82. The van der Waals surface area contributed by atoms with E-state index in [1.54, 1.807) is 11.7 Å². The van der Waals surface area contributed by atoms with Gasteiger partial charge >= 0.3 is 0 Å². The van der Waals surface area contributed by atoms with Crippen LogP contribution in [0.5, 0.6) is 0 Å². The van der Waals surface area contributed by atoms with Crippen LogP contribution in [0.3, 0.4) is 0 Å². The van der Waals surface area contributed by atoms with Crippen molar-refractivity contribution in [2.75, 3.05) is 5.73 Å². The second-order valence-electron chi connectivity index (χ2n) is 4.46. The summed E-state index contributed by atoms with van der Waals surface area (Å²) in [5, 5.41) is 0. The van der Waals surface area contributed by atoms with Crippen molar-refractivity contribution in [3.63, 3.8) is 0 Å². The molecule has 94 valence electrons. The van der Waals surface area contributed by atoms with Crippen LogP contribution in [0, 0.1) is 0 Å². The Bertz CT molecular complexity index is 505. The Hall–Kier alpha value is -1.68. The van der Waals surface area contributed by atoms with Crippen molar-refractivity contribution in [2.24, 2.45) is 0 Å². The van der Waals surface area contributed by atoms with E-state index in [-0.39, 0.29) is 11.7 Å². The molecule has 0 amide bonds. The van der Waals surface area contributed by atoms with Crippen LogP contribution in [-0.4, -0.2) is 10.8 Å². The number of nitrogen functional groups attached to an aromatic ring is 1. The number of aromatic nitrogens is 1. The van der Waals surface area contributed by atoms with Gasteiger partial charge < -0.3 is 5.73 Å². The van der Waals surface area contributed by atoms with E-state index in [1.807, 2.05) is 24.3 Å². The number of rotatable bonds is 5. The third kappa shape index (κ3) is 3.40. The molecule has 1 heterocycles. The number of nitrogens with zero attached hydrogens (tertiary/aromatic N) is 1. The predicted molar refractivity (Wildman–Crippen MR) is 74.7 cm³/mol. The van der Waals surface area contributed by atoms with E-state index in [0.29, 0.717) is 12.8 Å². The molecule has 1 atom stereocenters. The summed E-state index contributed by atoms with van der Waals surface area (Å²) in [6.45, 7) is 2.07. The maximum atomic E-state index is 11.9. The molecule has 0 radical (unpaired) electrons. The second kappa shape index (κ2) is 5.78. The quantitative estimate of drug-likeness (QED) is 0.841. The van der Waals surface area contributed by atoms with Crippen LogP contribution < -0.4 is 5.73 Å². The Kier molecular flexibility index (Phi) is 4.10. The number of hydrogen-bond donors (Lipinski definition) is 1. The van der Waals surface area contributed by atoms with Gasteiger partial charge in [0.1, 0.15) is 5.78 Å². The third-order valence-electron chi connectivity index (χ3n) is 2.89. The predicted octanol–water partition coefficient (Wildman–Crippen LogP) is 3.03. The zero-order valence-corrected chi connectivity index (χ0v) is 11.1. The van der Waals surface area contributed by atoms with Gasteiger partial charge in [0.05, 0.1) is 5.51 Å². The number of anilines is 1. The van der Waals surface area contributed by atoms with Gasteiger partial charge in [-0.1, -0.05) is 19.1 Å². The molecule has 3 nitrogen and oxygen atoms in total. The third-order valence-corrected chi connectivity index (χ3v) is 3.67. The minimum absolute atomic E-state index is 0.228. The summed E-state index contributed by atoms with van der Waals surface area (Å²) in [5.74, 6) is 0.481. The molecule has 0 aliphatic heterocycles. The summed E-state index contributed by atoms with van der Waals surface area (Å²) in [7, 11) is 0. The van der Waals surface area contributed by atoms with Crippen LogP contribution >= 0.6 is 11.3 Å². The molecular weight excluding hydrogens is 244 g/mol. The van der Waals surface area contributed by atoms with Gasteiger partial charge in [-0.05, 0) is 23.6 Å². The number of ketones is 1. The Morgan fingerprint density at radius 3 is 2.72 bits per heavy atom. The number of thiazole rings is 1. The van der Waals surface area contributed by atoms with Gasteiger partial charge in [0.25, 0.3) is 0 Å². The Morgan fingerprint density at radius 2 is 2.11 bits per heavy atom. The highest BCUT2D eigenvalue weighted by atomic mass is 32.1. The molecule has 0 saturated carbocycles. The van der Waals surface area contributed by atoms with E-state index in [0.717, 1.165) is 16.1 Å². The fourth-order valence-electron chi connectivity index (χ4n) is 1.88. The fourth-order valence-corrected chi connectivity index (χ4v) is 2.50. The topological polar surface area (TPSA) is 56.0 Å². The molecule has 0 fully saturated rings. The maximum absolute atomic E-state index is 11.9. The number of carbonyl (C=O) groups excluding carboxylic acids is 1. The summed E-state index contributed by atoms with van der Waals surface area (Å²) >= 11 is 1.53.